The highest BCUT2D eigenvalue weighted by atomic mass is 35.5. The van der Waals surface area contributed by atoms with Gasteiger partial charge in [0.1, 0.15) is 5.69 Å². The molecule has 4 N–H and O–H groups in total. The largest absolute Gasteiger partial charge is 0.368 e. The molecule has 0 bridgehead atoms. The summed E-state index contributed by atoms with van der Waals surface area (Å²) in [6.45, 7) is 2.62. The highest BCUT2D eigenvalue weighted by molar-refractivity contribution is 5.85. The summed E-state index contributed by atoms with van der Waals surface area (Å²) in [5, 5.41) is 10.9. The molecular weight excluding hydrogens is 403 g/mol. The van der Waals surface area contributed by atoms with Crippen molar-refractivity contribution >= 4 is 36.7 Å². The van der Waals surface area contributed by atoms with Crippen LogP contribution in [0.1, 0.15) is 23.7 Å². The highest BCUT2D eigenvalue weighted by Crippen LogP contribution is 2.42. The third-order valence-corrected chi connectivity index (χ3v) is 5.38. The quantitative estimate of drug-likeness (QED) is 0.669. The number of nitrogens with one attached hydrogen (secondary N) is 2. The molecular formula is C18H24Cl2N6O2. The van der Waals surface area contributed by atoms with Crippen LogP contribution in [0.25, 0.3) is 0 Å². The standard InChI is InChI=1S/C18H22N6O2.2ClH/c19-18-21-17(26)14(22-23-18)6-7-15(25)24-10-12-8-20-9-13(12)16(24)11-4-2-1-3-5-11;;/h1-5,12-13,16,20H,6-10H2,(H3,19,21,23,26);2*1H/t12-,13-,16+;;/m0../s1. The average molecular weight is 427 g/mol. The fourth-order valence-electron chi connectivity index (χ4n) is 4.16. The number of carbonyl (C=O) groups excluding carboxylic acids is 1. The molecule has 4 rings (SSSR count). The van der Waals surface area contributed by atoms with E-state index in [1.165, 1.54) is 5.56 Å². The van der Waals surface area contributed by atoms with Crippen LogP contribution in [-0.4, -0.2) is 45.6 Å². The number of nitrogen functional groups attached to an aromatic ring is 1. The second-order valence-electron chi connectivity index (χ2n) is 6.97. The summed E-state index contributed by atoms with van der Waals surface area (Å²) >= 11 is 0. The second-order valence-corrected chi connectivity index (χ2v) is 6.97. The van der Waals surface area contributed by atoms with Crippen LogP contribution in [0.3, 0.4) is 0 Å². The molecule has 28 heavy (non-hydrogen) atoms. The van der Waals surface area contributed by atoms with Crippen molar-refractivity contribution in [3.63, 3.8) is 0 Å². The molecule has 0 radical (unpaired) electrons. The Hall–Kier alpha value is -2.16. The first-order valence-electron chi connectivity index (χ1n) is 8.90. The molecule has 1 aromatic carbocycles. The van der Waals surface area contributed by atoms with Crippen LogP contribution in [0.15, 0.2) is 35.1 Å². The smallest absolute Gasteiger partial charge is 0.274 e. The minimum atomic E-state index is -0.382. The van der Waals surface area contributed by atoms with Gasteiger partial charge in [0.25, 0.3) is 5.56 Å². The predicted octanol–water partition coefficient (Wildman–Crippen LogP) is 0.942. The molecule has 2 aliphatic heterocycles. The number of nitrogens with two attached hydrogens (primary N) is 1. The number of anilines is 1. The highest BCUT2D eigenvalue weighted by Gasteiger charge is 2.46. The number of nitrogens with zero attached hydrogens (tertiary/aromatic N) is 3. The van der Waals surface area contributed by atoms with Gasteiger partial charge in [-0.05, 0) is 11.5 Å². The minimum Gasteiger partial charge on any atom is -0.368 e. The monoisotopic (exact) mass is 426 g/mol. The summed E-state index contributed by atoms with van der Waals surface area (Å²) in [4.78, 5) is 29.2. The van der Waals surface area contributed by atoms with E-state index in [2.05, 4.69) is 32.6 Å². The van der Waals surface area contributed by atoms with Gasteiger partial charge in [-0.2, -0.15) is 0 Å². The number of fused-ring (bicyclic) bond motifs is 1. The van der Waals surface area contributed by atoms with Crippen molar-refractivity contribution in [1.82, 2.24) is 25.4 Å². The molecule has 10 heteroatoms. The first-order chi connectivity index (χ1) is 12.6. The lowest BCUT2D eigenvalue weighted by Crippen LogP contribution is -2.35. The van der Waals surface area contributed by atoms with E-state index < -0.39 is 0 Å². The number of aromatic nitrogens is 3. The van der Waals surface area contributed by atoms with E-state index in [0.717, 1.165) is 19.6 Å². The van der Waals surface area contributed by atoms with Gasteiger partial charge in [0.15, 0.2) is 0 Å². The van der Waals surface area contributed by atoms with Crippen LogP contribution >= 0.6 is 24.8 Å². The van der Waals surface area contributed by atoms with Crippen LogP contribution in [-0.2, 0) is 11.2 Å². The third kappa shape index (κ3) is 4.29. The van der Waals surface area contributed by atoms with E-state index in [9.17, 15) is 9.59 Å². The Bertz CT molecular complexity index is 863. The number of rotatable bonds is 4. The van der Waals surface area contributed by atoms with Gasteiger partial charge >= 0.3 is 0 Å². The van der Waals surface area contributed by atoms with Crippen molar-refractivity contribution in [3.05, 3.63) is 51.9 Å². The average Bonchev–Trinajstić information content (AvgIpc) is 3.22. The molecule has 2 aromatic rings. The number of benzene rings is 1. The summed E-state index contributed by atoms with van der Waals surface area (Å²) in [5.41, 5.74) is 6.43. The van der Waals surface area contributed by atoms with E-state index in [4.69, 9.17) is 5.73 Å². The maximum Gasteiger partial charge on any atom is 0.274 e. The van der Waals surface area contributed by atoms with Crippen LogP contribution in [0.5, 0.6) is 0 Å². The SMILES string of the molecule is Cl.Cl.Nc1nnc(CCC(=O)N2C[C@@H]3CNC[C@@H]3[C@H]2c2ccccc2)c(=O)[nH]1. The molecule has 2 fully saturated rings. The van der Waals surface area contributed by atoms with Crippen molar-refractivity contribution in [3.8, 4) is 0 Å². The van der Waals surface area contributed by atoms with Gasteiger partial charge in [0, 0.05) is 38.4 Å². The molecule has 0 unspecified atom stereocenters. The van der Waals surface area contributed by atoms with E-state index in [0.29, 0.717) is 11.8 Å². The summed E-state index contributed by atoms with van der Waals surface area (Å²) in [6.07, 6.45) is 0.491. The Morgan fingerprint density at radius 1 is 1.18 bits per heavy atom. The van der Waals surface area contributed by atoms with Crippen molar-refractivity contribution in [2.45, 2.75) is 18.9 Å². The van der Waals surface area contributed by atoms with Crippen LogP contribution < -0.4 is 16.6 Å². The predicted molar refractivity (Wildman–Crippen MR) is 111 cm³/mol. The maximum atomic E-state index is 12.9. The van der Waals surface area contributed by atoms with Crippen molar-refractivity contribution in [2.24, 2.45) is 11.8 Å². The molecule has 8 nitrogen and oxygen atoms in total. The summed E-state index contributed by atoms with van der Waals surface area (Å²) in [6, 6.07) is 10.3. The van der Waals surface area contributed by atoms with Gasteiger partial charge in [0.2, 0.25) is 11.9 Å². The Morgan fingerprint density at radius 3 is 2.64 bits per heavy atom. The third-order valence-electron chi connectivity index (χ3n) is 5.38. The molecule has 0 aliphatic carbocycles. The number of hydrogen-bond donors (Lipinski definition) is 3. The van der Waals surface area contributed by atoms with E-state index in [1.54, 1.807) is 0 Å². The molecule has 152 valence electrons. The van der Waals surface area contributed by atoms with Crippen molar-refractivity contribution in [2.75, 3.05) is 25.4 Å². The first-order valence-corrected chi connectivity index (χ1v) is 8.90. The number of amides is 1. The van der Waals surface area contributed by atoms with Crippen molar-refractivity contribution < 1.29 is 4.79 Å². The molecule has 1 amide bonds. The molecule has 2 aliphatic rings. The number of halogens is 2. The molecule has 0 saturated carbocycles. The maximum absolute atomic E-state index is 12.9. The summed E-state index contributed by atoms with van der Waals surface area (Å²) < 4.78 is 0. The molecule has 1 aromatic heterocycles. The zero-order valence-corrected chi connectivity index (χ0v) is 16.8. The normalized spacial score (nSPS) is 22.9. The summed E-state index contributed by atoms with van der Waals surface area (Å²) in [7, 11) is 0. The fraction of sp³-hybridized carbons (Fsp3) is 0.444. The lowest BCUT2D eigenvalue weighted by Gasteiger charge is -2.28. The fourth-order valence-corrected chi connectivity index (χ4v) is 4.16. The topological polar surface area (TPSA) is 117 Å². The van der Waals surface area contributed by atoms with Gasteiger partial charge in [-0.25, -0.2) is 0 Å². The first kappa shape index (κ1) is 22.1. The number of likely N-dealkylation sites (tertiary alicyclic amines) is 1. The number of carbonyl (C=O) groups is 1. The van der Waals surface area contributed by atoms with Gasteiger partial charge in [-0.3, -0.25) is 14.6 Å². The summed E-state index contributed by atoms with van der Waals surface area (Å²) in [5.74, 6) is 0.935. The minimum absolute atomic E-state index is 0. The second kappa shape index (κ2) is 9.36. The van der Waals surface area contributed by atoms with E-state index >= 15 is 0 Å². The van der Waals surface area contributed by atoms with Gasteiger partial charge in [-0.1, -0.05) is 30.3 Å². The van der Waals surface area contributed by atoms with Crippen LogP contribution in [0.2, 0.25) is 0 Å². The number of aromatic amines is 1. The zero-order chi connectivity index (χ0) is 18.1. The van der Waals surface area contributed by atoms with Gasteiger partial charge < -0.3 is 16.0 Å². The van der Waals surface area contributed by atoms with Gasteiger partial charge in [-0.15, -0.1) is 35.0 Å². The van der Waals surface area contributed by atoms with Crippen LogP contribution in [0.4, 0.5) is 5.95 Å². The molecule has 3 atom stereocenters. The Kier molecular flexibility index (Phi) is 7.40. The molecule has 2 saturated heterocycles. The van der Waals surface area contributed by atoms with Gasteiger partial charge in [0.05, 0.1) is 6.04 Å². The van der Waals surface area contributed by atoms with Crippen molar-refractivity contribution in [1.29, 1.82) is 0 Å². The number of aryl methyl sites for hydroxylation is 1. The molecule has 3 heterocycles. The molecule has 0 spiro atoms. The lowest BCUT2D eigenvalue weighted by atomic mass is 9.89. The Labute approximate surface area is 175 Å². The lowest BCUT2D eigenvalue weighted by molar-refractivity contribution is -0.132. The van der Waals surface area contributed by atoms with E-state index in [-0.39, 0.29) is 66.8 Å². The Morgan fingerprint density at radius 2 is 1.93 bits per heavy atom. The number of H-pyrrole nitrogens is 1. The zero-order valence-electron chi connectivity index (χ0n) is 15.2. The number of hydrogen-bond acceptors (Lipinski definition) is 6. The van der Waals surface area contributed by atoms with Crippen LogP contribution in [0, 0.1) is 11.8 Å². The Balaban J connectivity index is 0.00000140. The van der Waals surface area contributed by atoms with E-state index in [1.807, 2.05) is 23.1 Å².